The first-order valence-electron chi connectivity index (χ1n) is 8.77. The van der Waals surface area contributed by atoms with Gasteiger partial charge in [-0.2, -0.15) is 5.26 Å². The molecule has 1 unspecified atom stereocenters. The Morgan fingerprint density at radius 3 is 2.52 bits per heavy atom. The van der Waals surface area contributed by atoms with Crippen LogP contribution in [-0.4, -0.2) is 14.2 Å². The fraction of sp³-hybridized carbons (Fsp3) is 0.227. The minimum atomic E-state index is -0.294. The number of nitrogens with one attached hydrogen (secondary N) is 1. The number of halogens is 1. The normalized spacial score (nSPS) is 18.2. The molecule has 4 nitrogen and oxygen atoms in total. The second kappa shape index (κ2) is 6.81. The number of hydrogen-bond donors (Lipinski definition) is 1. The summed E-state index contributed by atoms with van der Waals surface area (Å²) < 4.78 is 24.3. The van der Waals surface area contributed by atoms with Crippen molar-refractivity contribution in [1.82, 2.24) is 5.32 Å². The second-order valence-electron chi connectivity index (χ2n) is 6.59. The molecule has 1 aliphatic carbocycles. The number of methoxy groups -OCH3 is 2. The van der Waals surface area contributed by atoms with Gasteiger partial charge >= 0.3 is 0 Å². The third kappa shape index (κ3) is 2.83. The molecule has 2 aliphatic rings. The molecule has 0 radical (unpaired) electrons. The van der Waals surface area contributed by atoms with Gasteiger partial charge in [0.2, 0.25) is 5.88 Å². The monoisotopic (exact) mass is 362 g/mol. The Morgan fingerprint density at radius 1 is 1.07 bits per heavy atom. The van der Waals surface area contributed by atoms with Crippen LogP contribution < -0.4 is 10.1 Å². The molecular formula is C22H19FN2O2. The van der Waals surface area contributed by atoms with E-state index in [1.807, 2.05) is 18.2 Å². The van der Waals surface area contributed by atoms with Gasteiger partial charge in [0.05, 0.1) is 14.2 Å². The number of nitriles is 1. The highest BCUT2D eigenvalue weighted by molar-refractivity contribution is 5.78. The number of ether oxygens (including phenoxy) is 2. The van der Waals surface area contributed by atoms with Gasteiger partial charge in [0, 0.05) is 17.2 Å². The van der Waals surface area contributed by atoms with E-state index in [0.29, 0.717) is 11.5 Å². The molecule has 0 aromatic heterocycles. The molecule has 27 heavy (non-hydrogen) atoms. The van der Waals surface area contributed by atoms with Crippen molar-refractivity contribution in [3.05, 3.63) is 82.0 Å². The average molecular weight is 362 g/mol. The lowest BCUT2D eigenvalue weighted by Gasteiger charge is -2.34. The largest absolute Gasteiger partial charge is 0.497 e. The molecule has 0 saturated heterocycles. The van der Waals surface area contributed by atoms with Crippen LogP contribution >= 0.6 is 0 Å². The Hall–Kier alpha value is -3.26. The number of hydrogen-bond acceptors (Lipinski definition) is 4. The third-order valence-electron chi connectivity index (χ3n) is 5.21. The van der Waals surface area contributed by atoms with Crippen molar-refractivity contribution in [2.75, 3.05) is 14.2 Å². The van der Waals surface area contributed by atoms with Gasteiger partial charge in [-0.25, -0.2) is 4.39 Å². The van der Waals surface area contributed by atoms with Crippen molar-refractivity contribution >= 4 is 5.70 Å². The molecule has 0 fully saturated rings. The van der Waals surface area contributed by atoms with Crippen LogP contribution in [0, 0.1) is 17.1 Å². The summed E-state index contributed by atoms with van der Waals surface area (Å²) in [5, 5.41) is 13.1. The lowest BCUT2D eigenvalue weighted by Crippen LogP contribution is -2.29. The molecule has 1 heterocycles. The Kier molecular flexibility index (Phi) is 4.33. The fourth-order valence-corrected chi connectivity index (χ4v) is 3.94. The third-order valence-corrected chi connectivity index (χ3v) is 5.21. The molecule has 0 bridgehead atoms. The summed E-state index contributed by atoms with van der Waals surface area (Å²) in [6, 6.07) is 14.6. The zero-order chi connectivity index (χ0) is 19.0. The van der Waals surface area contributed by atoms with Crippen molar-refractivity contribution in [2.45, 2.75) is 18.8 Å². The first-order chi connectivity index (χ1) is 13.2. The SMILES string of the molecule is COC1=C(C#N)C(c2ccc(F)cc2)C2=C(N1)c1ccc(OC)cc1CC2. The van der Waals surface area contributed by atoms with Crippen LogP contribution in [0.25, 0.3) is 5.70 Å². The zero-order valence-corrected chi connectivity index (χ0v) is 15.2. The van der Waals surface area contributed by atoms with Crippen molar-refractivity contribution in [2.24, 2.45) is 0 Å². The minimum Gasteiger partial charge on any atom is -0.497 e. The van der Waals surface area contributed by atoms with Gasteiger partial charge in [-0.15, -0.1) is 0 Å². The molecule has 136 valence electrons. The molecule has 5 heteroatoms. The van der Waals surface area contributed by atoms with Crippen LogP contribution in [0.2, 0.25) is 0 Å². The number of aryl methyl sites for hydroxylation is 1. The molecule has 2 aromatic rings. The van der Waals surface area contributed by atoms with Crippen molar-refractivity contribution in [3.8, 4) is 11.8 Å². The number of fused-ring (bicyclic) bond motifs is 2. The predicted octanol–water partition coefficient (Wildman–Crippen LogP) is 4.26. The Bertz CT molecular complexity index is 1000. The average Bonchev–Trinajstić information content (AvgIpc) is 2.72. The Morgan fingerprint density at radius 2 is 1.85 bits per heavy atom. The van der Waals surface area contributed by atoms with Crippen LogP contribution in [0.4, 0.5) is 4.39 Å². The van der Waals surface area contributed by atoms with Crippen LogP contribution in [0.5, 0.6) is 5.75 Å². The van der Waals surface area contributed by atoms with Gasteiger partial charge < -0.3 is 14.8 Å². The summed E-state index contributed by atoms with van der Waals surface area (Å²) >= 11 is 0. The van der Waals surface area contributed by atoms with E-state index in [9.17, 15) is 9.65 Å². The zero-order valence-electron chi connectivity index (χ0n) is 15.2. The van der Waals surface area contributed by atoms with E-state index in [2.05, 4.69) is 11.4 Å². The second-order valence-corrected chi connectivity index (χ2v) is 6.59. The molecular weight excluding hydrogens is 343 g/mol. The maximum atomic E-state index is 13.4. The summed E-state index contributed by atoms with van der Waals surface area (Å²) in [5.74, 6) is 0.715. The van der Waals surface area contributed by atoms with Crippen LogP contribution in [0.15, 0.2) is 59.5 Å². The van der Waals surface area contributed by atoms with Gasteiger partial charge in [-0.1, -0.05) is 12.1 Å². The van der Waals surface area contributed by atoms with Crippen LogP contribution in [-0.2, 0) is 11.2 Å². The van der Waals surface area contributed by atoms with Gasteiger partial charge in [0.15, 0.2) is 0 Å². The first kappa shape index (κ1) is 17.2. The molecule has 0 spiro atoms. The highest BCUT2D eigenvalue weighted by Crippen LogP contribution is 2.45. The summed E-state index contributed by atoms with van der Waals surface area (Å²) in [6.45, 7) is 0. The van der Waals surface area contributed by atoms with Crippen molar-refractivity contribution in [3.63, 3.8) is 0 Å². The summed E-state index contributed by atoms with van der Waals surface area (Å²) in [6.07, 6.45) is 1.65. The predicted molar refractivity (Wildman–Crippen MR) is 100 cm³/mol. The maximum Gasteiger partial charge on any atom is 0.206 e. The van der Waals surface area contributed by atoms with E-state index in [1.54, 1.807) is 26.4 Å². The number of rotatable bonds is 3. The van der Waals surface area contributed by atoms with Crippen LogP contribution in [0.3, 0.4) is 0 Å². The molecule has 4 rings (SSSR count). The molecule has 1 atom stereocenters. The summed E-state index contributed by atoms with van der Waals surface area (Å²) in [4.78, 5) is 0. The van der Waals surface area contributed by atoms with Gasteiger partial charge in [-0.05, 0) is 59.9 Å². The standard InChI is InChI=1S/C22H19FN2O2/c1-26-16-8-10-17-14(11-16)5-9-18-20(13-3-6-15(23)7-4-13)19(12-24)22(27-2)25-21(17)18/h3-4,6-8,10-11,20,25H,5,9H2,1-2H3. The quantitative estimate of drug-likeness (QED) is 0.886. The minimum absolute atomic E-state index is 0.253. The fourth-order valence-electron chi connectivity index (χ4n) is 3.94. The van der Waals surface area contributed by atoms with E-state index in [-0.39, 0.29) is 11.7 Å². The number of dihydropyridines is 1. The Labute approximate surface area is 157 Å². The molecule has 2 aromatic carbocycles. The molecule has 1 aliphatic heterocycles. The van der Waals surface area contributed by atoms with E-state index < -0.39 is 0 Å². The van der Waals surface area contributed by atoms with Gasteiger partial charge in [0.1, 0.15) is 23.2 Å². The smallest absolute Gasteiger partial charge is 0.206 e. The maximum absolute atomic E-state index is 13.4. The molecule has 1 N–H and O–H groups in total. The first-order valence-corrected chi connectivity index (χ1v) is 8.77. The van der Waals surface area contributed by atoms with E-state index in [0.717, 1.165) is 41.0 Å². The van der Waals surface area contributed by atoms with E-state index >= 15 is 0 Å². The van der Waals surface area contributed by atoms with Crippen molar-refractivity contribution < 1.29 is 13.9 Å². The van der Waals surface area contributed by atoms with Crippen LogP contribution in [0.1, 0.15) is 29.0 Å². The highest BCUT2D eigenvalue weighted by Gasteiger charge is 2.35. The molecule has 0 saturated carbocycles. The van der Waals surface area contributed by atoms with E-state index in [1.165, 1.54) is 17.7 Å². The summed E-state index contributed by atoms with van der Waals surface area (Å²) in [7, 11) is 3.20. The summed E-state index contributed by atoms with van der Waals surface area (Å²) in [5.41, 5.74) is 5.75. The lowest BCUT2D eigenvalue weighted by atomic mass is 9.75. The van der Waals surface area contributed by atoms with Crippen molar-refractivity contribution in [1.29, 1.82) is 5.26 Å². The number of benzene rings is 2. The van der Waals surface area contributed by atoms with E-state index in [4.69, 9.17) is 9.47 Å². The highest BCUT2D eigenvalue weighted by atomic mass is 19.1. The lowest BCUT2D eigenvalue weighted by molar-refractivity contribution is 0.266. The van der Waals surface area contributed by atoms with Gasteiger partial charge in [0.25, 0.3) is 0 Å². The topological polar surface area (TPSA) is 54.3 Å². The number of nitrogens with zero attached hydrogens (tertiary/aromatic N) is 1. The number of allylic oxidation sites excluding steroid dienone is 2. The van der Waals surface area contributed by atoms with Gasteiger partial charge in [-0.3, -0.25) is 0 Å². The Balaban J connectivity index is 1.89. The molecule has 0 amide bonds.